The summed E-state index contributed by atoms with van der Waals surface area (Å²) in [6.07, 6.45) is 0.715. The van der Waals surface area contributed by atoms with Gasteiger partial charge in [0.05, 0.1) is 5.71 Å². The number of aromatic nitrogens is 2. The number of rotatable bonds is 7. The zero-order valence-corrected chi connectivity index (χ0v) is 13.9. The minimum atomic E-state index is -1.01. The van der Waals surface area contributed by atoms with E-state index in [1.165, 1.54) is 0 Å². The first-order valence-corrected chi connectivity index (χ1v) is 7.58. The largest absolute Gasteiger partial charge is 0.482 e. The van der Waals surface area contributed by atoms with Crippen LogP contribution in [0.2, 0.25) is 0 Å². The molecule has 7 nitrogen and oxygen atoms in total. The fraction of sp³-hybridized carbons (Fsp3) is 0.294. The molecule has 2 aromatic rings. The van der Waals surface area contributed by atoms with Crippen LogP contribution in [0.15, 0.2) is 35.4 Å². The molecule has 24 heavy (non-hydrogen) atoms. The zero-order chi connectivity index (χ0) is 17.5. The lowest BCUT2D eigenvalue weighted by atomic mass is 10.1. The fourth-order valence-electron chi connectivity index (χ4n) is 2.13. The van der Waals surface area contributed by atoms with Crippen molar-refractivity contribution < 1.29 is 14.6 Å². The topological polar surface area (TPSA) is 96.7 Å². The van der Waals surface area contributed by atoms with Crippen LogP contribution < -0.4 is 10.2 Å². The minimum absolute atomic E-state index is 0.361. The molecule has 7 heteroatoms. The normalized spacial score (nSPS) is 11.2. The van der Waals surface area contributed by atoms with Crippen LogP contribution in [0.3, 0.4) is 0 Å². The molecule has 0 aliphatic heterocycles. The predicted octanol–water partition coefficient (Wildman–Crippen LogP) is 2.78. The second-order valence-corrected chi connectivity index (χ2v) is 5.20. The first-order chi connectivity index (χ1) is 11.5. The summed E-state index contributed by atoms with van der Waals surface area (Å²) in [6, 6.07) is 9.01. The second kappa shape index (κ2) is 8.05. The number of benzene rings is 1. The first-order valence-electron chi connectivity index (χ1n) is 7.58. The molecule has 0 aliphatic rings. The average molecular weight is 328 g/mol. The third kappa shape index (κ3) is 5.05. The van der Waals surface area contributed by atoms with Gasteiger partial charge in [0.15, 0.2) is 6.61 Å². The number of carbonyl (C=O) groups is 1. The second-order valence-electron chi connectivity index (χ2n) is 5.20. The summed E-state index contributed by atoms with van der Waals surface area (Å²) in [7, 11) is 0. The summed E-state index contributed by atoms with van der Waals surface area (Å²) < 4.78 is 5.12. The Morgan fingerprint density at radius 1 is 1.21 bits per heavy atom. The highest BCUT2D eigenvalue weighted by molar-refractivity contribution is 6.00. The Bertz CT molecular complexity index is 722. The Balaban J connectivity index is 2.10. The summed E-state index contributed by atoms with van der Waals surface area (Å²) in [6.45, 7) is 5.44. The molecule has 1 heterocycles. The summed E-state index contributed by atoms with van der Waals surface area (Å²) in [5.74, 6) is -0.0467. The highest BCUT2D eigenvalue weighted by Crippen LogP contribution is 2.14. The molecule has 2 N–H and O–H groups in total. The third-order valence-electron chi connectivity index (χ3n) is 3.16. The van der Waals surface area contributed by atoms with Gasteiger partial charge in [0.25, 0.3) is 0 Å². The van der Waals surface area contributed by atoms with Gasteiger partial charge in [-0.2, -0.15) is 5.10 Å². The number of ether oxygens (including phenoxy) is 1. The molecule has 1 aromatic carbocycles. The molecule has 1 aromatic heterocycles. The number of hydrogen-bond donors (Lipinski definition) is 2. The number of hydrazone groups is 1. The maximum atomic E-state index is 10.5. The number of aryl methyl sites for hydroxylation is 2. The van der Waals surface area contributed by atoms with E-state index >= 15 is 0 Å². The number of carboxylic acids is 1. The monoisotopic (exact) mass is 328 g/mol. The summed E-state index contributed by atoms with van der Waals surface area (Å²) in [4.78, 5) is 19.1. The summed E-state index contributed by atoms with van der Waals surface area (Å²) in [5.41, 5.74) is 6.38. The van der Waals surface area contributed by atoms with E-state index in [-0.39, 0.29) is 6.61 Å². The molecule has 0 spiro atoms. The molecule has 0 saturated carbocycles. The molecule has 0 atom stereocenters. The van der Waals surface area contributed by atoms with Crippen molar-refractivity contribution in [2.75, 3.05) is 12.0 Å². The van der Waals surface area contributed by atoms with Gasteiger partial charge in [-0.15, -0.1) is 0 Å². The zero-order valence-electron chi connectivity index (χ0n) is 13.9. The Labute approximate surface area is 140 Å². The molecular formula is C17H20N4O3. The van der Waals surface area contributed by atoms with Gasteiger partial charge >= 0.3 is 5.97 Å². The van der Waals surface area contributed by atoms with Gasteiger partial charge in [-0.05, 0) is 56.2 Å². The quantitative estimate of drug-likeness (QED) is 0.599. The van der Waals surface area contributed by atoms with Crippen molar-refractivity contribution in [1.82, 2.24) is 9.97 Å². The van der Waals surface area contributed by atoms with Crippen molar-refractivity contribution in [1.29, 1.82) is 0 Å². The van der Waals surface area contributed by atoms with Crippen LogP contribution in [0.25, 0.3) is 0 Å². The highest BCUT2D eigenvalue weighted by Gasteiger charge is 2.05. The van der Waals surface area contributed by atoms with E-state index in [9.17, 15) is 4.79 Å². The van der Waals surface area contributed by atoms with E-state index in [0.29, 0.717) is 18.1 Å². The molecule has 0 saturated heterocycles. The molecule has 0 radical (unpaired) electrons. The van der Waals surface area contributed by atoms with Crippen molar-refractivity contribution in [2.24, 2.45) is 5.10 Å². The van der Waals surface area contributed by atoms with E-state index in [1.807, 2.05) is 39.0 Å². The van der Waals surface area contributed by atoms with E-state index in [4.69, 9.17) is 9.84 Å². The van der Waals surface area contributed by atoms with Gasteiger partial charge in [-0.1, -0.05) is 6.92 Å². The molecule has 0 amide bonds. The first kappa shape index (κ1) is 17.4. The number of aliphatic carboxylic acids is 1. The van der Waals surface area contributed by atoms with Crippen molar-refractivity contribution in [3.05, 3.63) is 47.3 Å². The molecule has 0 aliphatic carbocycles. The third-order valence-corrected chi connectivity index (χ3v) is 3.16. The molecule has 2 rings (SSSR count). The Morgan fingerprint density at radius 3 is 2.38 bits per heavy atom. The smallest absolute Gasteiger partial charge is 0.341 e. The number of carboxylic acid groups (broad SMARTS) is 1. The lowest BCUT2D eigenvalue weighted by Gasteiger charge is -2.08. The van der Waals surface area contributed by atoms with Crippen LogP contribution in [0.1, 0.15) is 30.3 Å². The van der Waals surface area contributed by atoms with Gasteiger partial charge in [-0.25, -0.2) is 20.2 Å². The van der Waals surface area contributed by atoms with Crippen molar-refractivity contribution in [3.63, 3.8) is 0 Å². The molecule has 0 unspecified atom stereocenters. The van der Waals surface area contributed by atoms with Crippen LogP contribution in [-0.4, -0.2) is 33.4 Å². The van der Waals surface area contributed by atoms with Crippen LogP contribution in [0, 0.1) is 13.8 Å². The van der Waals surface area contributed by atoms with Gasteiger partial charge in [0.2, 0.25) is 5.95 Å². The van der Waals surface area contributed by atoms with Gasteiger partial charge in [-0.3, -0.25) is 0 Å². The lowest BCUT2D eigenvalue weighted by Crippen LogP contribution is -2.09. The number of nitrogens with one attached hydrogen (secondary N) is 1. The van der Waals surface area contributed by atoms with E-state index in [0.717, 1.165) is 22.7 Å². The Hall–Kier alpha value is -2.96. The maximum absolute atomic E-state index is 10.5. The molecule has 0 bridgehead atoms. The van der Waals surface area contributed by atoms with E-state index in [1.54, 1.807) is 12.1 Å². The van der Waals surface area contributed by atoms with Gasteiger partial charge < -0.3 is 9.84 Å². The highest BCUT2D eigenvalue weighted by atomic mass is 16.5. The number of anilines is 1. The Kier molecular flexibility index (Phi) is 5.83. The van der Waals surface area contributed by atoms with Gasteiger partial charge in [0.1, 0.15) is 5.75 Å². The molecule has 126 valence electrons. The summed E-state index contributed by atoms with van der Waals surface area (Å²) >= 11 is 0. The number of nitrogens with zero attached hydrogens (tertiary/aromatic N) is 3. The van der Waals surface area contributed by atoms with Crippen LogP contribution in [0.5, 0.6) is 5.75 Å². The van der Waals surface area contributed by atoms with Crippen molar-refractivity contribution >= 4 is 17.6 Å². The van der Waals surface area contributed by atoms with Crippen molar-refractivity contribution in [2.45, 2.75) is 27.2 Å². The van der Waals surface area contributed by atoms with Gasteiger partial charge in [0, 0.05) is 11.4 Å². The standard InChI is InChI=1S/C17H20N4O3/c1-4-15(20-21-17-18-11(2)9-12(3)19-17)13-5-7-14(8-6-13)24-10-16(22)23/h5-9H,4,10H2,1-3H3,(H,22,23)(H,18,19,21)/b20-15-. The lowest BCUT2D eigenvalue weighted by molar-refractivity contribution is -0.139. The SMILES string of the molecule is CC/C(=N/Nc1nc(C)cc(C)n1)c1ccc(OCC(=O)O)cc1. The molecular weight excluding hydrogens is 308 g/mol. The number of hydrogen-bond acceptors (Lipinski definition) is 6. The van der Waals surface area contributed by atoms with Crippen LogP contribution in [-0.2, 0) is 4.79 Å². The predicted molar refractivity (Wildman–Crippen MR) is 91.5 cm³/mol. The Morgan fingerprint density at radius 2 is 1.83 bits per heavy atom. The van der Waals surface area contributed by atoms with Crippen molar-refractivity contribution in [3.8, 4) is 5.75 Å². The van der Waals surface area contributed by atoms with Crippen LogP contribution in [0.4, 0.5) is 5.95 Å². The average Bonchev–Trinajstić information content (AvgIpc) is 2.53. The maximum Gasteiger partial charge on any atom is 0.341 e. The summed E-state index contributed by atoms with van der Waals surface area (Å²) in [5, 5.41) is 13.0. The molecule has 0 fully saturated rings. The minimum Gasteiger partial charge on any atom is -0.482 e. The fourth-order valence-corrected chi connectivity index (χ4v) is 2.13. The van der Waals surface area contributed by atoms with E-state index < -0.39 is 5.97 Å². The van der Waals surface area contributed by atoms with Crippen LogP contribution >= 0.6 is 0 Å². The van der Waals surface area contributed by atoms with E-state index in [2.05, 4.69) is 20.5 Å².